The van der Waals surface area contributed by atoms with Crippen molar-refractivity contribution in [3.05, 3.63) is 65.2 Å². The largest absolute Gasteiger partial charge is 0.331 e. The molecule has 0 saturated heterocycles. The Labute approximate surface area is 151 Å². The van der Waals surface area contributed by atoms with Crippen LogP contribution in [0, 0.1) is 0 Å². The van der Waals surface area contributed by atoms with E-state index in [0.29, 0.717) is 11.5 Å². The van der Waals surface area contributed by atoms with Crippen molar-refractivity contribution in [3.8, 4) is 0 Å². The smallest absolute Gasteiger partial charge is 0.318 e. The van der Waals surface area contributed by atoms with Crippen molar-refractivity contribution < 1.29 is 14.4 Å². The summed E-state index contributed by atoms with van der Waals surface area (Å²) in [6.07, 6.45) is 0. The molecule has 0 fully saturated rings. The zero-order valence-corrected chi connectivity index (χ0v) is 15.2. The van der Waals surface area contributed by atoms with Gasteiger partial charge in [0.2, 0.25) is 5.78 Å². The molecule has 0 radical (unpaired) electrons. The molecule has 0 heterocycles. The molecule has 0 spiro atoms. The summed E-state index contributed by atoms with van der Waals surface area (Å²) < 4.78 is 0. The Kier molecular flexibility index (Phi) is 5.04. The highest BCUT2D eigenvalue weighted by Crippen LogP contribution is 2.43. The molecule has 1 aliphatic rings. The van der Waals surface area contributed by atoms with Crippen molar-refractivity contribution in [1.82, 2.24) is 0 Å². The number of hydrogen-bond donors (Lipinski definition) is 0. The van der Waals surface area contributed by atoms with Crippen LogP contribution < -0.4 is 0 Å². The number of Topliss-reactive ketones (excluding diaryl/α,β-unsaturated/α-hetero) is 1. The van der Waals surface area contributed by atoms with Gasteiger partial charge >= 0.3 is 5.97 Å². The molecule has 0 amide bonds. The van der Waals surface area contributed by atoms with Crippen molar-refractivity contribution in [1.29, 1.82) is 0 Å². The fraction of sp³-hybridized carbons (Fsp3) is 0.250. The minimum Gasteiger partial charge on any atom is -0.318 e. The molecule has 1 atom stereocenters. The average Bonchev–Trinajstić information content (AvgIpc) is 2.86. The van der Waals surface area contributed by atoms with E-state index >= 15 is 0 Å². The Morgan fingerprint density at radius 2 is 1.80 bits per heavy atom. The molecule has 0 aromatic heterocycles. The summed E-state index contributed by atoms with van der Waals surface area (Å²) in [7, 11) is 0. The van der Waals surface area contributed by atoms with Gasteiger partial charge < -0.3 is 4.84 Å². The van der Waals surface area contributed by atoms with Crippen LogP contribution in [0.3, 0.4) is 0 Å². The Hall–Kier alpha value is -2.40. The lowest BCUT2D eigenvalue weighted by atomic mass is 10.0. The minimum absolute atomic E-state index is 0.187. The molecular formula is C20H19NO3S. The first-order valence-electron chi connectivity index (χ1n) is 8.13. The van der Waals surface area contributed by atoms with Crippen molar-refractivity contribution in [3.63, 3.8) is 0 Å². The van der Waals surface area contributed by atoms with Crippen LogP contribution in [0.15, 0.2) is 58.6 Å². The number of thioether (sulfide) groups is 1. The number of oxime groups is 1. The molecule has 2 aromatic carbocycles. The molecule has 5 heteroatoms. The highest BCUT2D eigenvalue weighted by Gasteiger charge is 2.37. The van der Waals surface area contributed by atoms with Gasteiger partial charge in [-0.05, 0) is 29.2 Å². The molecule has 0 N–H and O–H groups in total. The molecule has 25 heavy (non-hydrogen) atoms. The highest BCUT2D eigenvalue weighted by molar-refractivity contribution is 8.00. The fourth-order valence-electron chi connectivity index (χ4n) is 2.73. The first-order valence-corrected chi connectivity index (χ1v) is 9.01. The van der Waals surface area contributed by atoms with Gasteiger partial charge in [-0.3, -0.25) is 4.79 Å². The second-order valence-corrected chi connectivity index (χ2v) is 7.38. The van der Waals surface area contributed by atoms with Crippen LogP contribution >= 0.6 is 11.8 Å². The van der Waals surface area contributed by atoms with Crippen molar-refractivity contribution in [2.24, 2.45) is 5.16 Å². The number of nitrogens with zero attached hydrogens (tertiary/aromatic N) is 1. The standard InChI is InChI=1S/C20H19NO3S/c1-12(2)14-8-10-15(11-9-14)25-20-17-7-5-4-6-16(17)19(23)18(20)21-24-13(3)22/h4-12,20H,1-3H3. The van der Waals surface area contributed by atoms with E-state index < -0.39 is 5.97 Å². The molecular weight excluding hydrogens is 334 g/mol. The number of benzene rings is 2. The van der Waals surface area contributed by atoms with E-state index in [0.717, 1.165) is 10.5 Å². The molecule has 0 saturated carbocycles. The first kappa shape index (κ1) is 17.4. The van der Waals surface area contributed by atoms with Gasteiger partial charge in [0.15, 0.2) is 0 Å². The number of hydrogen-bond acceptors (Lipinski definition) is 5. The third-order valence-electron chi connectivity index (χ3n) is 4.04. The van der Waals surface area contributed by atoms with Gasteiger partial charge in [0.25, 0.3) is 0 Å². The van der Waals surface area contributed by atoms with Crippen LogP contribution in [-0.2, 0) is 9.63 Å². The maximum Gasteiger partial charge on any atom is 0.331 e. The van der Waals surface area contributed by atoms with E-state index in [-0.39, 0.29) is 16.7 Å². The maximum absolute atomic E-state index is 12.6. The van der Waals surface area contributed by atoms with Gasteiger partial charge in [-0.2, -0.15) is 0 Å². The molecule has 0 aliphatic heterocycles. The topological polar surface area (TPSA) is 55.7 Å². The Morgan fingerprint density at radius 3 is 2.44 bits per heavy atom. The summed E-state index contributed by atoms with van der Waals surface area (Å²) >= 11 is 1.53. The molecule has 2 aromatic rings. The average molecular weight is 353 g/mol. The van der Waals surface area contributed by atoms with Crippen molar-refractivity contribution in [2.45, 2.75) is 36.8 Å². The number of fused-ring (bicyclic) bond motifs is 1. The normalized spacial score (nSPS) is 17.8. The van der Waals surface area contributed by atoms with Crippen LogP contribution in [0.25, 0.3) is 0 Å². The van der Waals surface area contributed by atoms with Crippen molar-refractivity contribution in [2.75, 3.05) is 0 Å². The molecule has 4 nitrogen and oxygen atoms in total. The van der Waals surface area contributed by atoms with E-state index in [1.165, 1.54) is 24.2 Å². The molecule has 0 bridgehead atoms. The molecule has 1 aliphatic carbocycles. The Morgan fingerprint density at radius 1 is 1.12 bits per heavy atom. The lowest BCUT2D eigenvalue weighted by Gasteiger charge is -2.12. The highest BCUT2D eigenvalue weighted by atomic mass is 32.2. The number of carbonyl (C=O) groups excluding carboxylic acids is 2. The summed E-state index contributed by atoms with van der Waals surface area (Å²) in [5.41, 5.74) is 3.04. The zero-order valence-electron chi connectivity index (χ0n) is 14.4. The monoisotopic (exact) mass is 353 g/mol. The van der Waals surface area contributed by atoms with E-state index in [1.54, 1.807) is 6.07 Å². The van der Waals surface area contributed by atoms with E-state index in [4.69, 9.17) is 4.84 Å². The third-order valence-corrected chi connectivity index (χ3v) is 5.30. The quantitative estimate of drug-likeness (QED) is 0.587. The SMILES string of the molecule is CC(=O)ON=C1C(=O)c2ccccc2C1Sc1ccc(C(C)C)cc1. The second-order valence-electron chi connectivity index (χ2n) is 6.20. The molecule has 1 unspecified atom stereocenters. The Bertz CT molecular complexity index is 840. The van der Waals surface area contributed by atoms with Gasteiger partial charge in [-0.25, -0.2) is 4.79 Å². The van der Waals surface area contributed by atoms with Gasteiger partial charge in [-0.15, -0.1) is 11.8 Å². The van der Waals surface area contributed by atoms with E-state index in [1.807, 2.05) is 18.2 Å². The van der Waals surface area contributed by atoms with Crippen LogP contribution in [-0.4, -0.2) is 17.5 Å². The maximum atomic E-state index is 12.6. The van der Waals surface area contributed by atoms with E-state index in [9.17, 15) is 9.59 Å². The third kappa shape index (κ3) is 3.66. The lowest BCUT2D eigenvalue weighted by molar-refractivity contribution is -0.140. The van der Waals surface area contributed by atoms with Crippen LogP contribution in [0.1, 0.15) is 53.4 Å². The minimum atomic E-state index is -0.540. The van der Waals surface area contributed by atoms with Gasteiger partial charge in [-0.1, -0.05) is 55.4 Å². The van der Waals surface area contributed by atoms with Crippen molar-refractivity contribution >= 4 is 29.2 Å². The van der Waals surface area contributed by atoms with Gasteiger partial charge in [0, 0.05) is 17.4 Å². The summed E-state index contributed by atoms with van der Waals surface area (Å²) in [5, 5.41) is 3.55. The summed E-state index contributed by atoms with van der Waals surface area (Å²) in [6, 6.07) is 15.7. The predicted octanol–water partition coefficient (Wildman–Crippen LogP) is 4.76. The summed E-state index contributed by atoms with van der Waals surface area (Å²) in [6.45, 7) is 5.57. The van der Waals surface area contributed by atoms with Crippen LogP contribution in [0.2, 0.25) is 0 Å². The van der Waals surface area contributed by atoms with Gasteiger partial charge in [0.1, 0.15) is 5.71 Å². The van der Waals surface area contributed by atoms with Crippen LogP contribution in [0.5, 0.6) is 0 Å². The number of rotatable bonds is 4. The summed E-state index contributed by atoms with van der Waals surface area (Å²) in [5.74, 6) is -0.261. The Balaban J connectivity index is 1.94. The molecule has 3 rings (SSSR count). The summed E-state index contributed by atoms with van der Waals surface area (Å²) in [4.78, 5) is 29.5. The number of carbonyl (C=O) groups is 2. The fourth-order valence-corrected chi connectivity index (χ4v) is 3.89. The zero-order chi connectivity index (χ0) is 18.0. The first-order chi connectivity index (χ1) is 12.0. The van der Waals surface area contributed by atoms with E-state index in [2.05, 4.69) is 43.3 Å². The number of ketones is 1. The second kappa shape index (κ2) is 7.23. The lowest BCUT2D eigenvalue weighted by Crippen LogP contribution is -2.12. The predicted molar refractivity (Wildman–Crippen MR) is 99.1 cm³/mol. The van der Waals surface area contributed by atoms with Gasteiger partial charge in [0.05, 0.1) is 5.25 Å². The van der Waals surface area contributed by atoms with Crippen LogP contribution in [0.4, 0.5) is 0 Å². The molecule has 128 valence electrons.